The Morgan fingerprint density at radius 2 is 2.28 bits per heavy atom. The minimum atomic E-state index is 0.0517. The number of nitrogens with two attached hydrogens (primary N) is 1. The molecule has 2 N–H and O–H groups in total. The average molecular weight is 308 g/mol. The Balaban J connectivity index is 1.74. The van der Waals surface area contributed by atoms with Gasteiger partial charge in [0.1, 0.15) is 11.4 Å². The van der Waals surface area contributed by atoms with Crippen LogP contribution in [0.5, 0.6) is 5.75 Å². The lowest BCUT2D eigenvalue weighted by Gasteiger charge is -2.44. The van der Waals surface area contributed by atoms with Gasteiger partial charge in [-0.15, -0.1) is 0 Å². The van der Waals surface area contributed by atoms with E-state index in [0.717, 1.165) is 28.5 Å². The number of hydrogen-bond donors (Lipinski definition) is 1. The Morgan fingerprint density at radius 3 is 3.17 bits per heavy atom. The quantitative estimate of drug-likeness (QED) is 0.791. The maximum absolute atomic E-state index is 6.46. The van der Waals surface area contributed by atoms with Crippen LogP contribution in [0.2, 0.25) is 0 Å². The molecule has 3 heteroatoms. The smallest absolute Gasteiger partial charge is 0.126 e. The van der Waals surface area contributed by atoms with Gasteiger partial charge in [-0.2, -0.15) is 0 Å². The van der Waals surface area contributed by atoms with Crippen molar-refractivity contribution in [1.82, 2.24) is 0 Å². The molecule has 96 valence electrons. The van der Waals surface area contributed by atoms with E-state index in [0.29, 0.717) is 0 Å². The molecule has 0 aromatic heterocycles. The zero-order valence-corrected chi connectivity index (χ0v) is 11.9. The van der Waals surface area contributed by atoms with Crippen molar-refractivity contribution < 1.29 is 4.74 Å². The summed E-state index contributed by atoms with van der Waals surface area (Å²) in [5.74, 6) is 2.69. The van der Waals surface area contributed by atoms with Gasteiger partial charge < -0.3 is 10.5 Å². The molecule has 4 rings (SSSR count). The van der Waals surface area contributed by atoms with Crippen LogP contribution in [-0.4, -0.2) is 5.60 Å². The van der Waals surface area contributed by atoms with Gasteiger partial charge in [0.2, 0.25) is 0 Å². The Hall–Kier alpha value is -0.540. The highest BCUT2D eigenvalue weighted by Gasteiger charge is 2.58. The molecule has 0 saturated heterocycles. The first-order valence-corrected chi connectivity index (χ1v) is 7.71. The van der Waals surface area contributed by atoms with E-state index in [4.69, 9.17) is 10.5 Å². The Bertz CT molecular complexity index is 503. The van der Waals surface area contributed by atoms with Crippen LogP contribution in [0.15, 0.2) is 22.7 Å². The predicted molar refractivity (Wildman–Crippen MR) is 74.5 cm³/mol. The van der Waals surface area contributed by atoms with Crippen LogP contribution in [0.4, 0.5) is 0 Å². The highest BCUT2D eigenvalue weighted by Crippen LogP contribution is 2.60. The summed E-state index contributed by atoms with van der Waals surface area (Å²) in [5.41, 5.74) is 7.61. The molecule has 0 radical (unpaired) electrons. The molecule has 18 heavy (non-hydrogen) atoms. The summed E-state index contributed by atoms with van der Waals surface area (Å²) in [6, 6.07) is 6.38. The highest BCUT2D eigenvalue weighted by molar-refractivity contribution is 9.10. The normalized spacial score (nSPS) is 40.9. The van der Waals surface area contributed by atoms with Crippen molar-refractivity contribution in [1.29, 1.82) is 0 Å². The van der Waals surface area contributed by atoms with Gasteiger partial charge >= 0.3 is 0 Å². The van der Waals surface area contributed by atoms with E-state index in [-0.39, 0.29) is 11.6 Å². The van der Waals surface area contributed by atoms with E-state index in [1.54, 1.807) is 0 Å². The second kappa shape index (κ2) is 3.73. The van der Waals surface area contributed by atoms with Crippen LogP contribution in [0.3, 0.4) is 0 Å². The van der Waals surface area contributed by atoms with Crippen LogP contribution >= 0.6 is 15.9 Å². The van der Waals surface area contributed by atoms with Crippen molar-refractivity contribution in [3.8, 4) is 5.75 Å². The fourth-order valence-corrected chi connectivity index (χ4v) is 4.43. The van der Waals surface area contributed by atoms with Gasteiger partial charge in [0.15, 0.2) is 0 Å². The van der Waals surface area contributed by atoms with Crippen LogP contribution in [-0.2, 0) is 0 Å². The van der Waals surface area contributed by atoms with E-state index in [2.05, 4.69) is 34.1 Å². The molecule has 2 fully saturated rings. The minimum Gasteiger partial charge on any atom is -0.487 e. The number of ether oxygens (including phenoxy) is 1. The SMILES string of the molecule is N[C@@H]1CC2(CCCC3CC32)Oc2cc(Br)ccc21. The number of rotatable bonds is 0. The first-order valence-electron chi connectivity index (χ1n) is 6.92. The molecule has 3 aliphatic rings. The molecule has 2 nitrogen and oxygen atoms in total. The summed E-state index contributed by atoms with van der Waals surface area (Å²) in [6.07, 6.45) is 6.25. The molecule has 3 unspecified atom stereocenters. The largest absolute Gasteiger partial charge is 0.487 e. The van der Waals surface area contributed by atoms with Crippen LogP contribution in [0.25, 0.3) is 0 Å². The predicted octanol–water partition coefficient (Wildman–Crippen LogP) is 3.79. The summed E-state index contributed by atoms with van der Waals surface area (Å²) in [4.78, 5) is 0. The lowest BCUT2D eigenvalue weighted by atomic mass is 9.77. The maximum atomic E-state index is 6.46. The molecule has 2 aliphatic carbocycles. The topological polar surface area (TPSA) is 35.2 Å². The van der Waals surface area contributed by atoms with Gasteiger partial charge in [0.25, 0.3) is 0 Å². The Kier molecular flexibility index (Phi) is 2.34. The molecular weight excluding hydrogens is 290 g/mol. The van der Waals surface area contributed by atoms with Crippen molar-refractivity contribution >= 4 is 15.9 Å². The highest BCUT2D eigenvalue weighted by atomic mass is 79.9. The molecule has 1 aliphatic heterocycles. The number of benzene rings is 1. The van der Waals surface area contributed by atoms with Crippen molar-refractivity contribution in [2.24, 2.45) is 17.6 Å². The Labute approximate surface area is 116 Å². The molecule has 4 atom stereocenters. The molecule has 0 bridgehead atoms. The van der Waals surface area contributed by atoms with Crippen molar-refractivity contribution in [2.45, 2.75) is 43.7 Å². The van der Waals surface area contributed by atoms with E-state index in [1.807, 2.05) is 0 Å². The minimum absolute atomic E-state index is 0.0517. The standard InChI is InChI=1S/C15H18BrNO/c16-10-3-4-11-13(17)8-15(18-14(11)7-10)5-1-2-9-6-12(9)15/h3-4,7,9,12-13H,1-2,5-6,8,17H2/t9?,12?,13-,15?/m1/s1. The van der Waals surface area contributed by atoms with Gasteiger partial charge in [-0.1, -0.05) is 22.0 Å². The van der Waals surface area contributed by atoms with E-state index in [9.17, 15) is 0 Å². The zero-order chi connectivity index (χ0) is 12.3. The number of fused-ring (bicyclic) bond motifs is 3. The summed E-state index contributed by atoms with van der Waals surface area (Å²) in [5, 5.41) is 0. The molecule has 1 aromatic rings. The summed E-state index contributed by atoms with van der Waals surface area (Å²) >= 11 is 3.53. The lowest BCUT2D eigenvalue weighted by molar-refractivity contribution is -0.0121. The molecule has 2 saturated carbocycles. The zero-order valence-electron chi connectivity index (χ0n) is 10.4. The second-order valence-electron chi connectivity index (χ2n) is 6.15. The summed E-state index contributed by atoms with van der Waals surface area (Å²) in [6.45, 7) is 0. The average Bonchev–Trinajstić information content (AvgIpc) is 3.09. The lowest BCUT2D eigenvalue weighted by Crippen LogP contribution is -2.46. The van der Waals surface area contributed by atoms with Crippen LogP contribution < -0.4 is 10.5 Å². The monoisotopic (exact) mass is 307 g/mol. The first-order chi connectivity index (χ1) is 8.68. The van der Waals surface area contributed by atoms with E-state index < -0.39 is 0 Å². The summed E-state index contributed by atoms with van der Waals surface area (Å²) in [7, 11) is 0. The third-order valence-corrected chi connectivity index (χ3v) is 5.52. The van der Waals surface area contributed by atoms with Crippen LogP contribution in [0.1, 0.15) is 43.7 Å². The first kappa shape index (κ1) is 11.3. The fraction of sp³-hybridized carbons (Fsp3) is 0.600. The molecule has 1 spiro atoms. The summed E-state index contributed by atoms with van der Waals surface area (Å²) < 4.78 is 7.53. The molecule has 1 aromatic carbocycles. The molecule has 0 amide bonds. The third kappa shape index (κ3) is 1.56. The molecular formula is C15H18BrNO. The number of halogens is 1. The van der Waals surface area contributed by atoms with E-state index >= 15 is 0 Å². The van der Waals surface area contributed by atoms with Gasteiger partial charge in [-0.3, -0.25) is 0 Å². The van der Waals surface area contributed by atoms with Crippen molar-refractivity contribution in [3.05, 3.63) is 28.2 Å². The fourth-order valence-electron chi connectivity index (χ4n) is 4.09. The third-order valence-electron chi connectivity index (χ3n) is 5.03. The van der Waals surface area contributed by atoms with Gasteiger partial charge in [-0.25, -0.2) is 0 Å². The maximum Gasteiger partial charge on any atom is 0.126 e. The van der Waals surface area contributed by atoms with E-state index in [1.165, 1.54) is 31.2 Å². The van der Waals surface area contributed by atoms with Gasteiger partial charge in [-0.05, 0) is 43.7 Å². The second-order valence-corrected chi connectivity index (χ2v) is 7.07. The van der Waals surface area contributed by atoms with Crippen LogP contribution in [0, 0.1) is 11.8 Å². The van der Waals surface area contributed by atoms with Gasteiger partial charge in [0, 0.05) is 28.4 Å². The van der Waals surface area contributed by atoms with Crippen molar-refractivity contribution in [2.75, 3.05) is 0 Å². The number of hydrogen-bond acceptors (Lipinski definition) is 2. The molecule has 1 heterocycles. The van der Waals surface area contributed by atoms with Gasteiger partial charge in [0.05, 0.1) is 0 Å². The Morgan fingerprint density at radius 1 is 1.39 bits per heavy atom. The van der Waals surface area contributed by atoms with Crippen molar-refractivity contribution in [3.63, 3.8) is 0 Å².